The Hall–Kier alpha value is -2.17. The van der Waals surface area contributed by atoms with Gasteiger partial charge in [0.1, 0.15) is 11.6 Å². The van der Waals surface area contributed by atoms with Crippen LogP contribution >= 0.6 is 0 Å². The van der Waals surface area contributed by atoms with Gasteiger partial charge in [-0.05, 0) is 31.0 Å². The number of halogens is 1. The molecule has 1 aliphatic rings. The van der Waals surface area contributed by atoms with E-state index in [2.05, 4.69) is 19.7 Å². The number of fused-ring (bicyclic) bond motifs is 1. The summed E-state index contributed by atoms with van der Waals surface area (Å²) in [5.41, 5.74) is 2.65. The molecule has 0 radical (unpaired) electrons. The van der Waals surface area contributed by atoms with Crippen LogP contribution in [0, 0.1) is 5.82 Å². The third-order valence-corrected chi connectivity index (χ3v) is 3.32. The van der Waals surface area contributed by atoms with Crippen LogP contribution in [-0.4, -0.2) is 19.7 Å². The zero-order valence-corrected chi connectivity index (χ0v) is 9.60. The van der Waals surface area contributed by atoms with Crippen LogP contribution < -0.4 is 0 Å². The van der Waals surface area contributed by atoms with Gasteiger partial charge in [0, 0.05) is 12.2 Å². The Bertz CT molecular complexity index is 710. The lowest BCUT2D eigenvalue weighted by Crippen LogP contribution is -1.96. The van der Waals surface area contributed by atoms with Crippen LogP contribution in [-0.2, 0) is 0 Å². The fourth-order valence-corrected chi connectivity index (χ4v) is 2.35. The molecule has 1 N–H and O–H groups in total. The van der Waals surface area contributed by atoms with Crippen molar-refractivity contribution in [2.45, 2.75) is 18.9 Å². The summed E-state index contributed by atoms with van der Waals surface area (Å²) in [6.45, 7) is 0. The van der Waals surface area contributed by atoms with Crippen LogP contribution in [0.4, 0.5) is 4.39 Å². The number of nitrogens with one attached hydrogen (secondary N) is 1. The van der Waals surface area contributed by atoms with E-state index in [-0.39, 0.29) is 5.82 Å². The molecular weight excluding hydrogens is 231 g/mol. The van der Waals surface area contributed by atoms with E-state index in [1.165, 1.54) is 6.07 Å². The van der Waals surface area contributed by atoms with Gasteiger partial charge in [0.05, 0.1) is 22.8 Å². The van der Waals surface area contributed by atoms with Crippen molar-refractivity contribution in [3.05, 3.63) is 36.4 Å². The van der Waals surface area contributed by atoms with Crippen LogP contribution in [0.2, 0.25) is 0 Å². The van der Waals surface area contributed by atoms with Crippen molar-refractivity contribution in [2.24, 2.45) is 0 Å². The molecule has 1 aliphatic carbocycles. The van der Waals surface area contributed by atoms with Crippen LogP contribution in [0.3, 0.4) is 0 Å². The molecule has 2 aromatic heterocycles. The number of hydrogen-bond acceptors (Lipinski definition) is 2. The van der Waals surface area contributed by atoms with Gasteiger partial charge < -0.3 is 4.57 Å². The number of nitrogens with zero attached hydrogens (tertiary/aromatic N) is 3. The highest BCUT2D eigenvalue weighted by atomic mass is 19.1. The van der Waals surface area contributed by atoms with E-state index >= 15 is 0 Å². The van der Waals surface area contributed by atoms with Crippen molar-refractivity contribution in [3.8, 4) is 11.4 Å². The predicted molar refractivity (Wildman–Crippen MR) is 65.5 cm³/mol. The maximum absolute atomic E-state index is 13.4. The van der Waals surface area contributed by atoms with E-state index in [4.69, 9.17) is 0 Å². The molecule has 90 valence electrons. The summed E-state index contributed by atoms with van der Waals surface area (Å²) < 4.78 is 15.5. The van der Waals surface area contributed by atoms with E-state index in [9.17, 15) is 4.39 Å². The second-order valence-corrected chi connectivity index (χ2v) is 4.66. The molecule has 1 saturated carbocycles. The summed E-state index contributed by atoms with van der Waals surface area (Å²) in [7, 11) is 0. The van der Waals surface area contributed by atoms with Gasteiger partial charge >= 0.3 is 0 Å². The summed E-state index contributed by atoms with van der Waals surface area (Å²) in [6.07, 6.45) is 5.83. The van der Waals surface area contributed by atoms with Crippen LogP contribution in [0.1, 0.15) is 18.9 Å². The Morgan fingerprint density at radius 3 is 2.94 bits per heavy atom. The first-order valence-corrected chi connectivity index (χ1v) is 5.99. The van der Waals surface area contributed by atoms with Gasteiger partial charge in [-0.2, -0.15) is 5.10 Å². The van der Waals surface area contributed by atoms with Gasteiger partial charge in [-0.1, -0.05) is 0 Å². The third kappa shape index (κ3) is 1.37. The first-order chi connectivity index (χ1) is 8.83. The first kappa shape index (κ1) is 9.82. The number of hydrogen-bond donors (Lipinski definition) is 1. The van der Waals surface area contributed by atoms with Crippen molar-refractivity contribution < 1.29 is 4.39 Å². The number of aromatic amines is 1. The molecule has 0 aliphatic heterocycles. The molecule has 18 heavy (non-hydrogen) atoms. The van der Waals surface area contributed by atoms with Crippen molar-refractivity contribution in [1.29, 1.82) is 0 Å². The summed E-state index contributed by atoms with van der Waals surface area (Å²) in [5, 5.41) is 6.75. The normalized spacial score (nSPS) is 15.4. The lowest BCUT2D eigenvalue weighted by Gasteiger charge is -2.05. The SMILES string of the molecule is Fc1ccc2nc(-c3cn[nH]c3)n(C3CC3)c2c1. The quantitative estimate of drug-likeness (QED) is 0.751. The maximum Gasteiger partial charge on any atom is 0.144 e. The Kier molecular flexibility index (Phi) is 1.86. The highest BCUT2D eigenvalue weighted by Gasteiger charge is 2.29. The summed E-state index contributed by atoms with van der Waals surface area (Å²) in [5.74, 6) is 0.648. The topological polar surface area (TPSA) is 46.5 Å². The van der Waals surface area contributed by atoms with E-state index in [0.717, 1.165) is 35.3 Å². The van der Waals surface area contributed by atoms with Gasteiger partial charge in [0.15, 0.2) is 0 Å². The molecular formula is C13H11FN4. The van der Waals surface area contributed by atoms with Crippen molar-refractivity contribution >= 4 is 11.0 Å². The molecule has 2 heterocycles. The minimum atomic E-state index is -0.219. The monoisotopic (exact) mass is 242 g/mol. The number of aromatic nitrogens is 4. The van der Waals surface area contributed by atoms with Gasteiger partial charge in [0.25, 0.3) is 0 Å². The highest BCUT2D eigenvalue weighted by Crippen LogP contribution is 2.41. The second-order valence-electron chi connectivity index (χ2n) is 4.66. The van der Waals surface area contributed by atoms with Crippen molar-refractivity contribution in [2.75, 3.05) is 0 Å². The Labute approximate surface area is 102 Å². The molecule has 5 heteroatoms. The molecule has 0 unspecified atom stereocenters. The van der Waals surface area contributed by atoms with E-state index in [0.29, 0.717) is 6.04 Å². The van der Waals surface area contributed by atoms with E-state index in [1.54, 1.807) is 18.3 Å². The number of H-pyrrole nitrogens is 1. The lowest BCUT2D eigenvalue weighted by molar-refractivity contribution is 0.628. The van der Waals surface area contributed by atoms with Gasteiger partial charge in [0.2, 0.25) is 0 Å². The smallest absolute Gasteiger partial charge is 0.144 e. The minimum absolute atomic E-state index is 0.219. The summed E-state index contributed by atoms with van der Waals surface area (Å²) in [4.78, 5) is 4.59. The number of benzene rings is 1. The Morgan fingerprint density at radius 2 is 2.22 bits per heavy atom. The Balaban J connectivity index is 2.04. The largest absolute Gasteiger partial charge is 0.321 e. The average molecular weight is 242 g/mol. The summed E-state index contributed by atoms with van der Waals surface area (Å²) in [6, 6.07) is 5.19. The standard InChI is InChI=1S/C13H11FN4/c14-9-1-4-11-12(5-9)18(10-2-3-10)13(17-11)8-6-15-16-7-8/h1,4-7,10H,2-3H2,(H,15,16). The number of rotatable bonds is 2. The molecule has 3 aromatic rings. The highest BCUT2D eigenvalue weighted by molar-refractivity contribution is 5.81. The minimum Gasteiger partial charge on any atom is -0.321 e. The van der Waals surface area contributed by atoms with Gasteiger partial charge in [-0.3, -0.25) is 5.10 Å². The lowest BCUT2D eigenvalue weighted by atomic mass is 10.3. The zero-order valence-electron chi connectivity index (χ0n) is 9.60. The van der Waals surface area contributed by atoms with E-state index < -0.39 is 0 Å². The maximum atomic E-state index is 13.4. The van der Waals surface area contributed by atoms with Crippen molar-refractivity contribution in [1.82, 2.24) is 19.7 Å². The fourth-order valence-electron chi connectivity index (χ4n) is 2.35. The third-order valence-electron chi connectivity index (χ3n) is 3.32. The molecule has 1 aromatic carbocycles. The molecule has 0 bridgehead atoms. The summed E-state index contributed by atoms with van der Waals surface area (Å²) >= 11 is 0. The van der Waals surface area contributed by atoms with Gasteiger partial charge in [-0.25, -0.2) is 9.37 Å². The molecule has 4 nitrogen and oxygen atoms in total. The average Bonchev–Trinajstić information content (AvgIpc) is 2.93. The molecule has 0 spiro atoms. The van der Waals surface area contributed by atoms with Crippen LogP contribution in [0.25, 0.3) is 22.4 Å². The first-order valence-electron chi connectivity index (χ1n) is 5.99. The predicted octanol–water partition coefficient (Wildman–Crippen LogP) is 2.90. The Morgan fingerprint density at radius 1 is 1.33 bits per heavy atom. The molecule has 0 amide bonds. The molecule has 1 fully saturated rings. The fraction of sp³-hybridized carbons (Fsp3) is 0.231. The van der Waals surface area contributed by atoms with E-state index in [1.807, 2.05) is 6.20 Å². The second kappa shape index (κ2) is 3.41. The van der Waals surface area contributed by atoms with Crippen LogP contribution in [0.5, 0.6) is 0 Å². The van der Waals surface area contributed by atoms with Crippen LogP contribution in [0.15, 0.2) is 30.6 Å². The zero-order chi connectivity index (χ0) is 12.1. The number of imidazole rings is 1. The molecule has 4 rings (SSSR count). The molecule has 0 atom stereocenters. The van der Waals surface area contributed by atoms with Gasteiger partial charge in [-0.15, -0.1) is 0 Å². The van der Waals surface area contributed by atoms with Crippen molar-refractivity contribution in [3.63, 3.8) is 0 Å². The molecule has 0 saturated heterocycles.